The molecule has 0 saturated heterocycles. The van der Waals surface area contributed by atoms with E-state index in [-0.39, 0.29) is 10.6 Å². The summed E-state index contributed by atoms with van der Waals surface area (Å²) in [5.74, 6) is 0. The standard InChI is InChI=1S/C14H14N2O2/c1-10-9-14(16(17)18)11(2)8-13(10)15-12-6-4-3-5-7-12/h3-9,15H,1-2H3. The van der Waals surface area contributed by atoms with E-state index in [1.54, 1.807) is 19.1 Å². The zero-order valence-electron chi connectivity index (χ0n) is 10.3. The minimum Gasteiger partial charge on any atom is -0.355 e. The Morgan fingerprint density at radius 3 is 2.33 bits per heavy atom. The van der Waals surface area contributed by atoms with Crippen molar-refractivity contribution in [3.05, 3.63) is 63.7 Å². The molecule has 0 amide bonds. The molecule has 0 aliphatic carbocycles. The fraction of sp³-hybridized carbons (Fsp3) is 0.143. The summed E-state index contributed by atoms with van der Waals surface area (Å²) in [5, 5.41) is 14.1. The summed E-state index contributed by atoms with van der Waals surface area (Å²) in [6.07, 6.45) is 0. The van der Waals surface area contributed by atoms with Crippen molar-refractivity contribution in [2.45, 2.75) is 13.8 Å². The van der Waals surface area contributed by atoms with Gasteiger partial charge >= 0.3 is 0 Å². The monoisotopic (exact) mass is 242 g/mol. The van der Waals surface area contributed by atoms with Gasteiger partial charge in [0.1, 0.15) is 0 Å². The molecule has 0 aromatic heterocycles. The Bertz CT molecular complexity index is 580. The zero-order valence-corrected chi connectivity index (χ0v) is 10.3. The number of benzene rings is 2. The molecule has 2 aromatic carbocycles. The molecule has 92 valence electrons. The summed E-state index contributed by atoms with van der Waals surface area (Å²) in [6.45, 7) is 3.60. The second-order valence-corrected chi connectivity index (χ2v) is 4.20. The van der Waals surface area contributed by atoms with Crippen LogP contribution in [0.25, 0.3) is 0 Å². The fourth-order valence-corrected chi connectivity index (χ4v) is 1.81. The topological polar surface area (TPSA) is 55.2 Å². The number of nitrogens with zero attached hydrogens (tertiary/aromatic N) is 1. The molecule has 18 heavy (non-hydrogen) atoms. The van der Waals surface area contributed by atoms with Crippen LogP contribution in [0.5, 0.6) is 0 Å². The number of nitro groups is 1. The Morgan fingerprint density at radius 2 is 1.72 bits per heavy atom. The van der Waals surface area contributed by atoms with Crippen molar-refractivity contribution in [1.29, 1.82) is 0 Å². The van der Waals surface area contributed by atoms with Crippen molar-refractivity contribution in [1.82, 2.24) is 0 Å². The smallest absolute Gasteiger partial charge is 0.272 e. The predicted octanol–water partition coefficient (Wildman–Crippen LogP) is 3.96. The molecule has 0 saturated carbocycles. The average Bonchev–Trinajstić information content (AvgIpc) is 2.34. The molecular weight excluding hydrogens is 228 g/mol. The fourth-order valence-electron chi connectivity index (χ4n) is 1.81. The first-order valence-corrected chi connectivity index (χ1v) is 5.65. The Kier molecular flexibility index (Phi) is 3.28. The van der Waals surface area contributed by atoms with Crippen LogP contribution in [-0.4, -0.2) is 4.92 Å². The van der Waals surface area contributed by atoms with Crippen LogP contribution in [0.1, 0.15) is 11.1 Å². The van der Waals surface area contributed by atoms with E-state index < -0.39 is 0 Å². The van der Waals surface area contributed by atoms with Crippen molar-refractivity contribution in [2.75, 3.05) is 5.32 Å². The van der Waals surface area contributed by atoms with Gasteiger partial charge in [0.25, 0.3) is 5.69 Å². The van der Waals surface area contributed by atoms with E-state index in [0.29, 0.717) is 5.56 Å². The molecule has 2 aromatic rings. The minimum absolute atomic E-state index is 0.158. The van der Waals surface area contributed by atoms with E-state index >= 15 is 0 Å². The van der Waals surface area contributed by atoms with Gasteiger partial charge in [-0.25, -0.2) is 0 Å². The lowest BCUT2D eigenvalue weighted by Crippen LogP contribution is -1.97. The van der Waals surface area contributed by atoms with Crippen molar-refractivity contribution >= 4 is 17.1 Å². The molecule has 0 atom stereocenters. The maximum absolute atomic E-state index is 10.8. The first-order valence-electron chi connectivity index (χ1n) is 5.65. The normalized spacial score (nSPS) is 10.1. The third-order valence-electron chi connectivity index (χ3n) is 2.79. The number of aryl methyl sites for hydroxylation is 2. The van der Waals surface area contributed by atoms with Crippen LogP contribution in [0.3, 0.4) is 0 Å². The first kappa shape index (κ1) is 12.1. The highest BCUT2D eigenvalue weighted by Crippen LogP contribution is 2.28. The van der Waals surface area contributed by atoms with Crippen LogP contribution in [0.2, 0.25) is 0 Å². The molecule has 1 N–H and O–H groups in total. The second-order valence-electron chi connectivity index (χ2n) is 4.20. The third kappa shape index (κ3) is 2.48. The summed E-state index contributed by atoms with van der Waals surface area (Å²) in [7, 11) is 0. The van der Waals surface area contributed by atoms with Crippen LogP contribution in [0.4, 0.5) is 17.1 Å². The van der Waals surface area contributed by atoms with Crippen LogP contribution >= 0.6 is 0 Å². The number of nitrogens with one attached hydrogen (secondary N) is 1. The average molecular weight is 242 g/mol. The Hall–Kier alpha value is -2.36. The number of rotatable bonds is 3. The predicted molar refractivity (Wildman–Crippen MR) is 72.3 cm³/mol. The van der Waals surface area contributed by atoms with Crippen molar-refractivity contribution in [2.24, 2.45) is 0 Å². The zero-order chi connectivity index (χ0) is 13.1. The molecule has 0 bridgehead atoms. The minimum atomic E-state index is -0.353. The van der Waals surface area contributed by atoms with Gasteiger partial charge in [-0.3, -0.25) is 10.1 Å². The highest BCUT2D eigenvalue weighted by molar-refractivity contribution is 5.66. The Labute approximate surface area is 105 Å². The van der Waals surface area contributed by atoms with Crippen LogP contribution < -0.4 is 5.32 Å². The second kappa shape index (κ2) is 4.87. The Balaban J connectivity index is 2.35. The van der Waals surface area contributed by atoms with E-state index in [0.717, 1.165) is 16.9 Å². The summed E-state index contributed by atoms with van der Waals surface area (Å²) in [6, 6.07) is 13.1. The highest BCUT2D eigenvalue weighted by Gasteiger charge is 2.13. The van der Waals surface area contributed by atoms with E-state index in [1.807, 2.05) is 37.3 Å². The molecule has 0 spiro atoms. The van der Waals surface area contributed by atoms with Crippen LogP contribution in [0.15, 0.2) is 42.5 Å². The lowest BCUT2D eigenvalue weighted by molar-refractivity contribution is -0.385. The van der Waals surface area contributed by atoms with Gasteiger partial charge in [0.15, 0.2) is 0 Å². The summed E-state index contributed by atoms with van der Waals surface area (Å²) in [5.41, 5.74) is 3.53. The van der Waals surface area contributed by atoms with Crippen molar-refractivity contribution in [3.63, 3.8) is 0 Å². The highest BCUT2D eigenvalue weighted by atomic mass is 16.6. The Morgan fingerprint density at radius 1 is 1.06 bits per heavy atom. The summed E-state index contributed by atoms with van der Waals surface area (Å²) in [4.78, 5) is 10.5. The molecule has 0 radical (unpaired) electrons. The van der Waals surface area contributed by atoms with Gasteiger partial charge in [-0.15, -0.1) is 0 Å². The molecule has 4 nitrogen and oxygen atoms in total. The molecule has 0 aliphatic rings. The van der Waals surface area contributed by atoms with Gasteiger partial charge in [-0.2, -0.15) is 0 Å². The molecule has 0 fully saturated rings. The SMILES string of the molecule is Cc1cc([N+](=O)[O-])c(C)cc1Nc1ccccc1. The molecular formula is C14H14N2O2. The quantitative estimate of drug-likeness (QED) is 0.654. The van der Waals surface area contributed by atoms with E-state index in [1.165, 1.54) is 0 Å². The van der Waals surface area contributed by atoms with Gasteiger partial charge in [0, 0.05) is 23.0 Å². The number of hydrogen-bond acceptors (Lipinski definition) is 3. The molecule has 4 heteroatoms. The third-order valence-corrected chi connectivity index (χ3v) is 2.79. The van der Waals surface area contributed by atoms with Gasteiger partial charge in [0.05, 0.1) is 4.92 Å². The largest absolute Gasteiger partial charge is 0.355 e. The number of nitro benzene ring substituents is 1. The number of hydrogen-bond donors (Lipinski definition) is 1. The number of para-hydroxylation sites is 1. The lowest BCUT2D eigenvalue weighted by Gasteiger charge is -2.10. The van der Waals surface area contributed by atoms with Crippen LogP contribution in [-0.2, 0) is 0 Å². The van der Waals surface area contributed by atoms with Crippen LogP contribution in [0, 0.1) is 24.0 Å². The van der Waals surface area contributed by atoms with Crippen molar-refractivity contribution in [3.8, 4) is 0 Å². The molecule has 0 heterocycles. The maximum Gasteiger partial charge on any atom is 0.272 e. The van der Waals surface area contributed by atoms with E-state index in [4.69, 9.17) is 0 Å². The molecule has 0 unspecified atom stereocenters. The van der Waals surface area contributed by atoms with Gasteiger partial charge in [-0.05, 0) is 37.6 Å². The summed E-state index contributed by atoms with van der Waals surface area (Å²) < 4.78 is 0. The molecule has 0 aliphatic heterocycles. The maximum atomic E-state index is 10.8. The lowest BCUT2D eigenvalue weighted by atomic mass is 10.1. The summed E-state index contributed by atoms with van der Waals surface area (Å²) >= 11 is 0. The molecule has 2 rings (SSSR count). The first-order chi connectivity index (χ1) is 8.58. The van der Waals surface area contributed by atoms with E-state index in [2.05, 4.69) is 5.32 Å². The van der Waals surface area contributed by atoms with E-state index in [9.17, 15) is 10.1 Å². The van der Waals surface area contributed by atoms with Gasteiger partial charge in [-0.1, -0.05) is 18.2 Å². The van der Waals surface area contributed by atoms with Gasteiger partial charge in [0.2, 0.25) is 0 Å². The van der Waals surface area contributed by atoms with Crippen molar-refractivity contribution < 1.29 is 4.92 Å². The number of anilines is 2. The van der Waals surface area contributed by atoms with Gasteiger partial charge < -0.3 is 5.32 Å².